The van der Waals surface area contributed by atoms with Gasteiger partial charge in [0.2, 0.25) is 12.8 Å². The summed E-state index contributed by atoms with van der Waals surface area (Å²) in [6.07, 6.45) is 1.32. The van der Waals surface area contributed by atoms with Gasteiger partial charge >= 0.3 is 0 Å². The fourth-order valence-corrected chi connectivity index (χ4v) is 2.55. The van der Waals surface area contributed by atoms with Gasteiger partial charge in [0, 0.05) is 23.7 Å². The van der Waals surface area contributed by atoms with E-state index < -0.39 is 11.6 Å². The molecule has 0 aromatic heterocycles. The molecule has 1 unspecified atom stereocenters. The van der Waals surface area contributed by atoms with Crippen molar-refractivity contribution in [2.75, 3.05) is 11.4 Å². The minimum Gasteiger partial charge on any atom is -0.356 e. The van der Waals surface area contributed by atoms with Crippen LogP contribution in [0.25, 0.3) is 11.1 Å². The number of nitriles is 1. The number of halogens is 2. The van der Waals surface area contributed by atoms with Crippen LogP contribution in [0.3, 0.4) is 0 Å². The van der Waals surface area contributed by atoms with Crippen molar-refractivity contribution in [3.63, 3.8) is 0 Å². The van der Waals surface area contributed by atoms with Crippen LogP contribution < -0.4 is 10.2 Å². The monoisotopic (exact) mass is 357 g/mol. The molecule has 5 nitrogen and oxygen atoms in total. The Hall–Kier alpha value is -3.27. The summed E-state index contributed by atoms with van der Waals surface area (Å²) in [5.41, 5.74) is 0.248. The number of hydrogen-bond donors (Lipinski definition) is 1. The molecule has 134 valence electrons. The molecule has 0 bridgehead atoms. The second-order valence-corrected chi connectivity index (χ2v) is 5.69. The van der Waals surface area contributed by atoms with Crippen LogP contribution in [-0.2, 0) is 9.59 Å². The van der Waals surface area contributed by atoms with Gasteiger partial charge in [-0.1, -0.05) is 18.2 Å². The number of benzene rings is 2. The van der Waals surface area contributed by atoms with Crippen molar-refractivity contribution in [3.05, 3.63) is 53.6 Å². The molecule has 0 radical (unpaired) electrons. The molecule has 0 saturated carbocycles. The third-order valence-electron chi connectivity index (χ3n) is 3.99. The van der Waals surface area contributed by atoms with E-state index >= 15 is 0 Å². The highest BCUT2D eigenvalue weighted by Gasteiger charge is 2.20. The van der Waals surface area contributed by atoms with Gasteiger partial charge < -0.3 is 10.2 Å². The number of carbonyl (C=O) groups is 2. The summed E-state index contributed by atoms with van der Waals surface area (Å²) in [7, 11) is 0. The number of carbonyl (C=O) groups excluding carboxylic acids is 2. The Kier molecular flexibility index (Phi) is 6.39. The number of amides is 2. The minimum absolute atomic E-state index is 0.0507. The molecule has 1 atom stereocenters. The first-order chi connectivity index (χ1) is 12.5. The Morgan fingerprint density at radius 3 is 2.54 bits per heavy atom. The van der Waals surface area contributed by atoms with E-state index in [0.29, 0.717) is 19.2 Å². The lowest BCUT2D eigenvalue weighted by Gasteiger charge is -2.21. The van der Waals surface area contributed by atoms with E-state index in [4.69, 9.17) is 5.26 Å². The SMILES string of the molecule is CC(CCN(C=O)c1ccc(-c2ccccc2C#N)c(F)c1F)NC=O. The molecule has 0 heterocycles. The molecule has 1 N–H and O–H groups in total. The van der Waals surface area contributed by atoms with Crippen LogP contribution in [0.5, 0.6) is 0 Å². The van der Waals surface area contributed by atoms with Gasteiger partial charge in [-0.15, -0.1) is 0 Å². The lowest BCUT2D eigenvalue weighted by molar-refractivity contribution is -0.110. The maximum Gasteiger partial charge on any atom is 0.214 e. The van der Waals surface area contributed by atoms with Crippen molar-refractivity contribution in [1.82, 2.24) is 5.32 Å². The third-order valence-corrected chi connectivity index (χ3v) is 3.99. The van der Waals surface area contributed by atoms with Crippen molar-refractivity contribution in [2.45, 2.75) is 19.4 Å². The quantitative estimate of drug-likeness (QED) is 0.738. The maximum absolute atomic E-state index is 14.6. The molecule has 0 fully saturated rings. The van der Waals surface area contributed by atoms with Gasteiger partial charge in [0.25, 0.3) is 0 Å². The van der Waals surface area contributed by atoms with Crippen molar-refractivity contribution in [3.8, 4) is 17.2 Å². The summed E-state index contributed by atoms with van der Waals surface area (Å²) in [5, 5.41) is 11.7. The zero-order valence-corrected chi connectivity index (χ0v) is 14.1. The standard InChI is InChI=1S/C19H17F2N3O2/c1-13(23-11-25)8-9-24(12-26)17-7-6-16(18(20)19(17)21)15-5-3-2-4-14(15)10-22/h2-7,11-13H,8-9H2,1H3,(H,23,25). The topological polar surface area (TPSA) is 73.2 Å². The number of nitrogens with one attached hydrogen (secondary N) is 1. The molecule has 0 spiro atoms. The molecule has 2 amide bonds. The van der Waals surface area contributed by atoms with Crippen LogP contribution in [0.2, 0.25) is 0 Å². The molecule has 0 aliphatic carbocycles. The number of hydrogen-bond acceptors (Lipinski definition) is 3. The highest BCUT2D eigenvalue weighted by molar-refractivity contribution is 5.79. The molecule has 7 heteroatoms. The lowest BCUT2D eigenvalue weighted by atomic mass is 9.99. The molecule has 0 aliphatic heterocycles. The third kappa shape index (κ3) is 4.03. The van der Waals surface area contributed by atoms with E-state index in [1.54, 1.807) is 19.1 Å². The lowest BCUT2D eigenvalue weighted by Crippen LogP contribution is -2.31. The minimum atomic E-state index is -1.17. The first kappa shape index (κ1) is 19.1. The zero-order valence-electron chi connectivity index (χ0n) is 14.1. The largest absolute Gasteiger partial charge is 0.356 e. The summed E-state index contributed by atoms with van der Waals surface area (Å²) >= 11 is 0. The number of anilines is 1. The highest BCUT2D eigenvalue weighted by Crippen LogP contribution is 2.32. The fraction of sp³-hybridized carbons (Fsp3) is 0.211. The van der Waals surface area contributed by atoms with E-state index in [-0.39, 0.29) is 35.0 Å². The molecule has 2 rings (SSSR count). The Morgan fingerprint density at radius 2 is 1.88 bits per heavy atom. The Labute approximate surface area is 149 Å². The molecule has 2 aromatic carbocycles. The van der Waals surface area contributed by atoms with E-state index in [9.17, 15) is 18.4 Å². The van der Waals surface area contributed by atoms with Gasteiger partial charge in [-0.2, -0.15) is 5.26 Å². The van der Waals surface area contributed by atoms with Crippen LogP contribution in [-0.4, -0.2) is 25.4 Å². The molecular formula is C19H17F2N3O2. The van der Waals surface area contributed by atoms with Crippen LogP contribution in [0.15, 0.2) is 36.4 Å². The van der Waals surface area contributed by atoms with Crippen LogP contribution >= 0.6 is 0 Å². The van der Waals surface area contributed by atoms with Gasteiger partial charge in [-0.3, -0.25) is 9.59 Å². The van der Waals surface area contributed by atoms with E-state index in [1.165, 1.54) is 24.3 Å². The average Bonchev–Trinajstić information content (AvgIpc) is 2.65. The fourth-order valence-electron chi connectivity index (χ4n) is 2.55. The van der Waals surface area contributed by atoms with Gasteiger partial charge in [0.15, 0.2) is 11.6 Å². The summed E-state index contributed by atoms with van der Waals surface area (Å²) in [5.74, 6) is -2.30. The molecule has 0 aliphatic rings. The molecule has 26 heavy (non-hydrogen) atoms. The average molecular weight is 357 g/mol. The predicted octanol–water partition coefficient (Wildman–Crippen LogP) is 2.99. The molecule has 2 aromatic rings. The smallest absolute Gasteiger partial charge is 0.214 e. The Morgan fingerprint density at radius 1 is 1.15 bits per heavy atom. The zero-order chi connectivity index (χ0) is 19.1. The second kappa shape index (κ2) is 8.72. The summed E-state index contributed by atoms with van der Waals surface area (Å²) in [4.78, 5) is 22.7. The van der Waals surface area contributed by atoms with E-state index in [0.717, 1.165) is 4.90 Å². The van der Waals surface area contributed by atoms with Gasteiger partial charge in [0.1, 0.15) is 0 Å². The summed E-state index contributed by atoms with van der Waals surface area (Å²) in [6, 6.07) is 10.7. The van der Waals surface area contributed by atoms with Crippen LogP contribution in [0.1, 0.15) is 18.9 Å². The van der Waals surface area contributed by atoms with E-state index in [1.807, 2.05) is 6.07 Å². The number of rotatable bonds is 8. The highest BCUT2D eigenvalue weighted by atomic mass is 19.2. The van der Waals surface area contributed by atoms with Crippen molar-refractivity contribution in [1.29, 1.82) is 5.26 Å². The van der Waals surface area contributed by atoms with Crippen molar-refractivity contribution in [2.24, 2.45) is 0 Å². The second-order valence-electron chi connectivity index (χ2n) is 5.69. The van der Waals surface area contributed by atoms with Crippen LogP contribution in [0, 0.1) is 23.0 Å². The maximum atomic E-state index is 14.6. The van der Waals surface area contributed by atoms with E-state index in [2.05, 4.69) is 5.32 Å². The Balaban J connectivity index is 2.35. The first-order valence-corrected chi connectivity index (χ1v) is 7.92. The number of nitrogens with zero attached hydrogens (tertiary/aromatic N) is 2. The first-order valence-electron chi connectivity index (χ1n) is 7.92. The van der Waals surface area contributed by atoms with Crippen molar-refractivity contribution < 1.29 is 18.4 Å². The predicted molar refractivity (Wildman–Crippen MR) is 93.2 cm³/mol. The summed E-state index contributed by atoms with van der Waals surface area (Å²) in [6.45, 7) is 1.84. The van der Waals surface area contributed by atoms with Gasteiger partial charge in [-0.25, -0.2) is 8.78 Å². The molecule has 0 saturated heterocycles. The summed E-state index contributed by atoms with van der Waals surface area (Å²) < 4.78 is 29.2. The Bertz CT molecular complexity index is 849. The van der Waals surface area contributed by atoms with Gasteiger partial charge in [-0.05, 0) is 31.5 Å². The van der Waals surface area contributed by atoms with Gasteiger partial charge in [0.05, 0.1) is 17.3 Å². The van der Waals surface area contributed by atoms with Crippen LogP contribution in [0.4, 0.5) is 14.5 Å². The van der Waals surface area contributed by atoms with Crippen molar-refractivity contribution >= 4 is 18.5 Å². The molecular weight excluding hydrogens is 340 g/mol. The normalized spacial score (nSPS) is 11.3.